The van der Waals surface area contributed by atoms with Crippen molar-refractivity contribution in [2.24, 2.45) is 5.92 Å². The van der Waals surface area contributed by atoms with Gasteiger partial charge in [-0.05, 0) is 51.3 Å². The molecular weight excluding hydrogens is 333 g/mol. The average Bonchev–Trinajstić information content (AvgIpc) is 2.93. The molecule has 7 heteroatoms. The quantitative estimate of drug-likeness (QED) is 0.890. The minimum Gasteiger partial charge on any atom is -0.369 e. The number of nitrogens with zero attached hydrogens (tertiary/aromatic N) is 4. The zero-order valence-corrected chi connectivity index (χ0v) is 15.6. The Morgan fingerprint density at radius 3 is 2.62 bits per heavy atom. The Hall–Kier alpha value is -2.44. The van der Waals surface area contributed by atoms with Crippen molar-refractivity contribution >= 4 is 17.3 Å². The van der Waals surface area contributed by atoms with E-state index >= 15 is 0 Å². The van der Waals surface area contributed by atoms with Gasteiger partial charge in [-0.15, -0.1) is 0 Å². The number of halogens is 1. The van der Waals surface area contributed by atoms with Crippen molar-refractivity contribution in [1.29, 1.82) is 0 Å². The highest BCUT2D eigenvalue weighted by Gasteiger charge is 2.18. The maximum Gasteiger partial charge on any atom is 0.229 e. The fourth-order valence-electron chi connectivity index (χ4n) is 3.32. The van der Waals surface area contributed by atoms with Crippen molar-refractivity contribution < 1.29 is 9.18 Å². The van der Waals surface area contributed by atoms with Crippen LogP contribution in [0, 0.1) is 25.6 Å². The molecule has 1 saturated heterocycles. The largest absolute Gasteiger partial charge is 0.369 e. The van der Waals surface area contributed by atoms with E-state index in [0.29, 0.717) is 23.7 Å². The lowest BCUT2D eigenvalue weighted by molar-refractivity contribution is -0.119. The van der Waals surface area contributed by atoms with Crippen molar-refractivity contribution in [3.63, 3.8) is 0 Å². The van der Waals surface area contributed by atoms with E-state index in [4.69, 9.17) is 0 Å². The molecule has 1 unspecified atom stereocenters. The van der Waals surface area contributed by atoms with Gasteiger partial charge < -0.3 is 10.2 Å². The van der Waals surface area contributed by atoms with E-state index in [9.17, 15) is 9.18 Å². The number of piperidine rings is 1. The zero-order chi connectivity index (χ0) is 18.7. The van der Waals surface area contributed by atoms with Crippen molar-refractivity contribution in [3.8, 4) is 0 Å². The third-order valence-corrected chi connectivity index (χ3v) is 4.77. The molecule has 2 aromatic rings. The van der Waals surface area contributed by atoms with Crippen molar-refractivity contribution in [2.75, 3.05) is 23.3 Å². The molecular formula is C19H26FN5O. The first-order valence-electron chi connectivity index (χ1n) is 9.17. The van der Waals surface area contributed by atoms with Crippen LogP contribution >= 0.6 is 0 Å². The predicted octanol–water partition coefficient (Wildman–Crippen LogP) is 3.30. The van der Waals surface area contributed by atoms with Crippen LogP contribution < -0.4 is 10.2 Å². The molecule has 1 N–H and O–H groups in total. The summed E-state index contributed by atoms with van der Waals surface area (Å²) in [5.41, 5.74) is 1.09. The molecule has 1 amide bonds. The molecule has 0 bridgehead atoms. The number of carbonyl (C=O) groups is 1. The molecule has 6 nitrogen and oxygen atoms in total. The van der Waals surface area contributed by atoms with Gasteiger partial charge in [0.15, 0.2) is 0 Å². The maximum atomic E-state index is 14.5. The number of hydrogen-bond donors (Lipinski definition) is 1. The van der Waals surface area contributed by atoms with Crippen LogP contribution in [0.4, 0.5) is 15.8 Å². The van der Waals surface area contributed by atoms with Crippen LogP contribution in [0.25, 0.3) is 0 Å². The minimum absolute atomic E-state index is 0.164. The van der Waals surface area contributed by atoms with Crippen LogP contribution in [-0.2, 0) is 11.3 Å². The van der Waals surface area contributed by atoms with Crippen molar-refractivity contribution in [2.45, 2.75) is 46.6 Å². The molecule has 2 heterocycles. The molecule has 140 valence electrons. The van der Waals surface area contributed by atoms with E-state index < -0.39 is 0 Å². The maximum absolute atomic E-state index is 14.5. The molecule has 1 aromatic heterocycles. The second-order valence-electron chi connectivity index (χ2n) is 6.99. The number of aryl methyl sites for hydroxylation is 2. The number of nitrogens with one attached hydrogen (secondary N) is 1. The summed E-state index contributed by atoms with van der Waals surface area (Å²) >= 11 is 0. The number of carbonyl (C=O) groups excluding carboxylic acids is 1. The molecule has 3 rings (SSSR count). The van der Waals surface area contributed by atoms with Crippen LogP contribution in [0.1, 0.15) is 37.8 Å². The Labute approximate surface area is 153 Å². The average molecular weight is 359 g/mol. The highest BCUT2D eigenvalue weighted by Crippen LogP contribution is 2.26. The first-order chi connectivity index (χ1) is 12.4. The number of hydrogen-bond acceptors (Lipinski definition) is 4. The van der Waals surface area contributed by atoms with Gasteiger partial charge in [-0.1, -0.05) is 6.92 Å². The van der Waals surface area contributed by atoms with Gasteiger partial charge in [-0.25, -0.2) is 14.1 Å². The first kappa shape index (κ1) is 18.4. The van der Waals surface area contributed by atoms with Gasteiger partial charge in [0.25, 0.3) is 0 Å². The third-order valence-electron chi connectivity index (χ3n) is 4.77. The van der Waals surface area contributed by atoms with Crippen molar-refractivity contribution in [3.05, 3.63) is 35.7 Å². The number of anilines is 2. The Morgan fingerprint density at radius 2 is 2.00 bits per heavy atom. The molecule has 1 aromatic carbocycles. The van der Waals surface area contributed by atoms with Crippen LogP contribution in [0.15, 0.2) is 18.2 Å². The summed E-state index contributed by atoms with van der Waals surface area (Å²) in [6, 6.07) is 4.92. The number of aromatic nitrogens is 3. The summed E-state index contributed by atoms with van der Waals surface area (Å²) < 4.78 is 16.2. The Kier molecular flexibility index (Phi) is 5.54. The highest BCUT2D eigenvalue weighted by molar-refractivity contribution is 5.92. The number of rotatable bonds is 5. The van der Waals surface area contributed by atoms with E-state index in [1.165, 1.54) is 12.5 Å². The van der Waals surface area contributed by atoms with Crippen molar-refractivity contribution in [1.82, 2.24) is 14.8 Å². The van der Waals surface area contributed by atoms with Gasteiger partial charge in [0.1, 0.15) is 17.5 Å². The van der Waals surface area contributed by atoms with Crippen LogP contribution in [-0.4, -0.2) is 33.8 Å². The second-order valence-corrected chi connectivity index (χ2v) is 6.99. The van der Waals surface area contributed by atoms with E-state index in [-0.39, 0.29) is 17.6 Å². The van der Waals surface area contributed by atoms with E-state index in [1.807, 2.05) is 20.8 Å². The molecule has 0 saturated carbocycles. The summed E-state index contributed by atoms with van der Waals surface area (Å²) in [4.78, 5) is 18.7. The third kappa shape index (κ3) is 4.20. The second kappa shape index (κ2) is 7.85. The Bertz CT molecular complexity index is 782. The van der Waals surface area contributed by atoms with Crippen LogP contribution in [0.3, 0.4) is 0 Å². The monoisotopic (exact) mass is 359 g/mol. The lowest BCUT2D eigenvalue weighted by Crippen LogP contribution is -2.30. The van der Waals surface area contributed by atoms with Gasteiger partial charge in [0.05, 0.1) is 18.2 Å². The van der Waals surface area contributed by atoms with Gasteiger partial charge in [-0.2, -0.15) is 5.10 Å². The summed E-state index contributed by atoms with van der Waals surface area (Å²) in [7, 11) is 0. The SMILES string of the molecule is Cc1nc(C)n(CC(C)C(=O)Nc2ccc(N3CCCCC3)c(F)c2)n1. The normalized spacial score (nSPS) is 15.8. The Morgan fingerprint density at radius 1 is 1.27 bits per heavy atom. The molecule has 1 fully saturated rings. The molecule has 26 heavy (non-hydrogen) atoms. The Balaban J connectivity index is 1.63. The zero-order valence-electron chi connectivity index (χ0n) is 15.6. The minimum atomic E-state index is -0.306. The summed E-state index contributed by atoms with van der Waals surface area (Å²) in [5, 5.41) is 7.08. The van der Waals surface area contributed by atoms with Gasteiger partial charge in [-0.3, -0.25) is 4.79 Å². The highest BCUT2D eigenvalue weighted by atomic mass is 19.1. The van der Waals surface area contributed by atoms with E-state index in [0.717, 1.165) is 31.8 Å². The number of benzene rings is 1. The number of amides is 1. The van der Waals surface area contributed by atoms with E-state index in [1.54, 1.807) is 16.8 Å². The van der Waals surface area contributed by atoms with Crippen LogP contribution in [0.2, 0.25) is 0 Å². The standard InChI is InChI=1S/C19H26FN5O/c1-13(12-25-15(3)21-14(2)23-25)19(26)22-16-7-8-18(17(20)11-16)24-9-5-4-6-10-24/h7-8,11,13H,4-6,9-10,12H2,1-3H3,(H,22,26). The van der Waals surface area contributed by atoms with Gasteiger partial charge in [0.2, 0.25) is 5.91 Å². The molecule has 1 aliphatic heterocycles. The lowest BCUT2D eigenvalue weighted by Gasteiger charge is -2.29. The van der Waals surface area contributed by atoms with Gasteiger partial charge in [0, 0.05) is 18.8 Å². The fourth-order valence-corrected chi connectivity index (χ4v) is 3.32. The summed E-state index contributed by atoms with van der Waals surface area (Å²) in [5.74, 6) is 0.701. The summed E-state index contributed by atoms with van der Waals surface area (Å²) in [6.45, 7) is 7.71. The molecule has 0 radical (unpaired) electrons. The molecule has 0 aliphatic carbocycles. The molecule has 1 atom stereocenters. The van der Waals surface area contributed by atoms with Gasteiger partial charge >= 0.3 is 0 Å². The first-order valence-corrected chi connectivity index (χ1v) is 9.17. The fraction of sp³-hybridized carbons (Fsp3) is 0.526. The topological polar surface area (TPSA) is 63.1 Å². The smallest absolute Gasteiger partial charge is 0.229 e. The molecule has 0 spiro atoms. The van der Waals surface area contributed by atoms with Crippen LogP contribution in [0.5, 0.6) is 0 Å². The lowest BCUT2D eigenvalue weighted by atomic mass is 10.1. The van der Waals surface area contributed by atoms with E-state index in [2.05, 4.69) is 20.3 Å². The molecule has 1 aliphatic rings. The predicted molar refractivity (Wildman–Crippen MR) is 99.8 cm³/mol. The summed E-state index contributed by atoms with van der Waals surface area (Å²) in [6.07, 6.45) is 3.39.